The molecule has 1 rings (SSSR count). The fourth-order valence-corrected chi connectivity index (χ4v) is 0.868. The molecule has 0 aromatic carbocycles. The summed E-state index contributed by atoms with van der Waals surface area (Å²) in [6, 6.07) is 0. The van der Waals surface area contributed by atoms with Gasteiger partial charge in [-0.2, -0.15) is 0 Å². The minimum Gasteiger partial charge on any atom is -0.393 e. The zero-order valence-corrected chi connectivity index (χ0v) is 7.15. The third-order valence-electron chi connectivity index (χ3n) is 1.60. The van der Waals surface area contributed by atoms with Gasteiger partial charge in [-0.25, -0.2) is 4.98 Å². The molecular weight excluding hydrogens is 172 g/mol. The summed E-state index contributed by atoms with van der Waals surface area (Å²) in [4.78, 5) is 25.6. The molecule has 0 aliphatic carbocycles. The second kappa shape index (κ2) is 3.26. The zero-order valence-electron chi connectivity index (χ0n) is 7.15. The van der Waals surface area contributed by atoms with E-state index in [2.05, 4.69) is 4.98 Å². The number of carbonyl (C=O) groups is 1. The van der Waals surface area contributed by atoms with Crippen LogP contribution in [0.1, 0.15) is 5.69 Å². The summed E-state index contributed by atoms with van der Waals surface area (Å²) in [5.74, 6) is -0.604. The lowest BCUT2D eigenvalue weighted by Gasteiger charge is -2.04. The third-order valence-corrected chi connectivity index (χ3v) is 1.60. The van der Waals surface area contributed by atoms with Crippen molar-refractivity contribution in [2.75, 3.05) is 5.73 Å². The molecule has 1 aromatic heterocycles. The summed E-state index contributed by atoms with van der Waals surface area (Å²) < 4.78 is 1.07. The SMILES string of the molecule is Cc1ncn(CC(N)=O)c(=O)c1N. The molecule has 0 atom stereocenters. The summed E-state index contributed by atoms with van der Waals surface area (Å²) in [7, 11) is 0. The molecule has 0 aliphatic rings. The molecule has 13 heavy (non-hydrogen) atoms. The number of hydrogen-bond acceptors (Lipinski definition) is 4. The largest absolute Gasteiger partial charge is 0.393 e. The van der Waals surface area contributed by atoms with E-state index in [1.807, 2.05) is 0 Å². The molecule has 0 bridgehead atoms. The average molecular weight is 182 g/mol. The number of aromatic nitrogens is 2. The van der Waals surface area contributed by atoms with Crippen molar-refractivity contribution in [3.05, 3.63) is 22.4 Å². The number of aryl methyl sites for hydroxylation is 1. The van der Waals surface area contributed by atoms with Gasteiger partial charge in [0.15, 0.2) is 0 Å². The quantitative estimate of drug-likeness (QED) is 0.588. The number of nitrogens with zero attached hydrogens (tertiary/aromatic N) is 2. The van der Waals surface area contributed by atoms with Gasteiger partial charge >= 0.3 is 0 Å². The highest BCUT2D eigenvalue weighted by Gasteiger charge is 2.05. The Kier molecular flexibility index (Phi) is 2.32. The molecule has 70 valence electrons. The Balaban J connectivity index is 3.19. The highest BCUT2D eigenvalue weighted by Crippen LogP contribution is 1.97. The van der Waals surface area contributed by atoms with Crippen LogP contribution in [-0.2, 0) is 11.3 Å². The highest BCUT2D eigenvalue weighted by molar-refractivity contribution is 5.73. The van der Waals surface area contributed by atoms with Gasteiger partial charge in [0, 0.05) is 0 Å². The number of carbonyl (C=O) groups excluding carboxylic acids is 1. The fourth-order valence-electron chi connectivity index (χ4n) is 0.868. The van der Waals surface area contributed by atoms with Gasteiger partial charge in [-0.3, -0.25) is 14.2 Å². The fraction of sp³-hybridized carbons (Fsp3) is 0.286. The predicted octanol–water partition coefficient (Wildman–Crippen LogP) is -1.38. The predicted molar refractivity (Wildman–Crippen MR) is 46.8 cm³/mol. The molecule has 0 spiro atoms. The van der Waals surface area contributed by atoms with Gasteiger partial charge in [0.1, 0.15) is 12.2 Å². The van der Waals surface area contributed by atoms with Gasteiger partial charge in [0.2, 0.25) is 5.91 Å². The second-order valence-electron chi connectivity index (χ2n) is 2.64. The van der Waals surface area contributed by atoms with E-state index >= 15 is 0 Å². The number of rotatable bonds is 2. The van der Waals surface area contributed by atoms with Gasteiger partial charge in [-0.15, -0.1) is 0 Å². The van der Waals surface area contributed by atoms with Crippen molar-refractivity contribution in [1.29, 1.82) is 0 Å². The lowest BCUT2D eigenvalue weighted by molar-refractivity contribution is -0.118. The molecular formula is C7H10N4O2. The van der Waals surface area contributed by atoms with Crippen LogP contribution in [0.3, 0.4) is 0 Å². The Morgan fingerprint density at radius 3 is 2.85 bits per heavy atom. The Bertz CT molecular complexity index is 396. The van der Waals surface area contributed by atoms with E-state index in [9.17, 15) is 9.59 Å². The number of primary amides is 1. The molecule has 0 unspecified atom stereocenters. The standard InChI is InChI=1S/C7H10N4O2/c1-4-6(9)7(13)11(3-10-4)2-5(8)12/h3H,2,9H2,1H3,(H2,8,12). The number of amides is 1. The van der Waals surface area contributed by atoms with Crippen LogP contribution in [0, 0.1) is 6.92 Å². The van der Waals surface area contributed by atoms with E-state index in [0.29, 0.717) is 5.69 Å². The van der Waals surface area contributed by atoms with Crippen LogP contribution in [-0.4, -0.2) is 15.5 Å². The van der Waals surface area contributed by atoms with E-state index in [-0.39, 0.29) is 12.2 Å². The first-order chi connectivity index (χ1) is 6.02. The summed E-state index contributed by atoms with van der Waals surface area (Å²) in [5, 5.41) is 0. The van der Waals surface area contributed by atoms with Gasteiger partial charge in [-0.05, 0) is 6.92 Å². The van der Waals surface area contributed by atoms with E-state index in [1.54, 1.807) is 6.92 Å². The molecule has 4 N–H and O–H groups in total. The Hall–Kier alpha value is -1.85. The Morgan fingerprint density at radius 1 is 1.69 bits per heavy atom. The second-order valence-corrected chi connectivity index (χ2v) is 2.64. The van der Waals surface area contributed by atoms with Gasteiger partial charge in [0.25, 0.3) is 5.56 Å². The highest BCUT2D eigenvalue weighted by atomic mass is 16.2. The molecule has 0 saturated carbocycles. The summed E-state index contributed by atoms with van der Waals surface area (Å²) in [6.45, 7) is 1.42. The van der Waals surface area contributed by atoms with Gasteiger partial charge in [0.05, 0.1) is 12.0 Å². The summed E-state index contributed by atoms with van der Waals surface area (Å²) >= 11 is 0. The first kappa shape index (κ1) is 9.24. The topological polar surface area (TPSA) is 104 Å². The lowest BCUT2D eigenvalue weighted by Crippen LogP contribution is -2.30. The maximum atomic E-state index is 11.3. The Labute approximate surface area is 74.2 Å². The first-order valence-electron chi connectivity index (χ1n) is 3.62. The van der Waals surface area contributed by atoms with E-state index in [0.717, 1.165) is 4.57 Å². The van der Waals surface area contributed by atoms with Gasteiger partial charge in [-0.1, -0.05) is 0 Å². The minimum atomic E-state index is -0.604. The van der Waals surface area contributed by atoms with Crippen molar-refractivity contribution in [3.63, 3.8) is 0 Å². The van der Waals surface area contributed by atoms with Crippen LogP contribution in [0.4, 0.5) is 5.69 Å². The van der Waals surface area contributed by atoms with E-state index < -0.39 is 11.5 Å². The number of nitrogen functional groups attached to an aromatic ring is 1. The number of anilines is 1. The average Bonchev–Trinajstić information content (AvgIpc) is 2.06. The van der Waals surface area contributed by atoms with E-state index in [4.69, 9.17) is 11.5 Å². The zero-order chi connectivity index (χ0) is 10.0. The summed E-state index contributed by atoms with van der Waals surface area (Å²) in [5.41, 5.74) is 10.4. The monoisotopic (exact) mass is 182 g/mol. The maximum absolute atomic E-state index is 11.3. The lowest BCUT2D eigenvalue weighted by atomic mass is 10.4. The molecule has 0 aliphatic heterocycles. The Morgan fingerprint density at radius 2 is 2.31 bits per heavy atom. The molecule has 1 heterocycles. The van der Waals surface area contributed by atoms with Crippen molar-refractivity contribution in [1.82, 2.24) is 9.55 Å². The number of nitrogens with two attached hydrogens (primary N) is 2. The van der Waals surface area contributed by atoms with Crippen LogP contribution in [0.15, 0.2) is 11.1 Å². The van der Waals surface area contributed by atoms with Crippen LogP contribution in [0.25, 0.3) is 0 Å². The molecule has 0 fully saturated rings. The normalized spacial score (nSPS) is 9.92. The summed E-state index contributed by atoms with van der Waals surface area (Å²) in [6.07, 6.45) is 1.25. The molecule has 1 aromatic rings. The number of hydrogen-bond donors (Lipinski definition) is 2. The van der Waals surface area contributed by atoms with E-state index in [1.165, 1.54) is 6.33 Å². The first-order valence-corrected chi connectivity index (χ1v) is 3.62. The minimum absolute atomic E-state index is 0.0451. The molecule has 0 saturated heterocycles. The molecule has 1 amide bonds. The smallest absolute Gasteiger partial charge is 0.277 e. The molecule has 0 radical (unpaired) electrons. The molecule has 6 heteroatoms. The van der Waals surface area contributed by atoms with Crippen molar-refractivity contribution in [2.24, 2.45) is 5.73 Å². The molecule has 6 nitrogen and oxygen atoms in total. The van der Waals surface area contributed by atoms with Crippen LogP contribution in [0.5, 0.6) is 0 Å². The maximum Gasteiger partial charge on any atom is 0.277 e. The van der Waals surface area contributed by atoms with Crippen LogP contribution < -0.4 is 17.0 Å². The third kappa shape index (κ3) is 1.84. The van der Waals surface area contributed by atoms with Crippen molar-refractivity contribution >= 4 is 11.6 Å². The van der Waals surface area contributed by atoms with Crippen molar-refractivity contribution < 1.29 is 4.79 Å². The van der Waals surface area contributed by atoms with Crippen LogP contribution in [0.2, 0.25) is 0 Å². The van der Waals surface area contributed by atoms with Gasteiger partial charge < -0.3 is 11.5 Å². The van der Waals surface area contributed by atoms with Crippen molar-refractivity contribution in [3.8, 4) is 0 Å². The van der Waals surface area contributed by atoms with Crippen LogP contribution >= 0.6 is 0 Å². The van der Waals surface area contributed by atoms with Crippen molar-refractivity contribution in [2.45, 2.75) is 13.5 Å².